The largest absolute Gasteiger partial charge is 0.349 e. The third-order valence-corrected chi connectivity index (χ3v) is 5.02. The summed E-state index contributed by atoms with van der Waals surface area (Å²) in [5.74, 6) is -0.139. The molecule has 0 fully saturated rings. The van der Waals surface area contributed by atoms with Crippen molar-refractivity contribution in [1.29, 1.82) is 0 Å². The van der Waals surface area contributed by atoms with E-state index in [1.165, 1.54) is 5.56 Å². The number of likely N-dealkylation sites (N-methyl/N-ethyl adjacent to an activating group) is 1. The highest BCUT2D eigenvalue weighted by Gasteiger charge is 2.21. The average Bonchev–Trinajstić information content (AvgIpc) is 3.27. The van der Waals surface area contributed by atoms with Crippen LogP contribution in [0.5, 0.6) is 0 Å². The van der Waals surface area contributed by atoms with Gasteiger partial charge in [-0.05, 0) is 41.5 Å². The molecule has 0 aliphatic rings. The first-order valence-electron chi connectivity index (χ1n) is 8.22. The summed E-state index contributed by atoms with van der Waals surface area (Å²) >= 11 is 1.68. The van der Waals surface area contributed by atoms with Crippen molar-refractivity contribution in [3.05, 3.63) is 52.3 Å². The Hall–Kier alpha value is -2.18. The molecule has 0 saturated carbocycles. The number of amides is 1. The standard InChI is InChI=1S/C18H22N4OS/c1-3-22(4-2)16(13-9-10-24-12-13)11-19-18(23)17-14-7-5-6-8-15(14)20-21-17/h5-10,12,16H,3-4,11H2,1-2H3,(H,19,23)(H,20,21)/t16-/m0/s1. The molecule has 3 rings (SSSR count). The number of benzene rings is 1. The zero-order chi connectivity index (χ0) is 16.9. The van der Waals surface area contributed by atoms with Crippen molar-refractivity contribution in [3.8, 4) is 0 Å². The van der Waals surface area contributed by atoms with Crippen LogP contribution in [0.15, 0.2) is 41.1 Å². The van der Waals surface area contributed by atoms with E-state index >= 15 is 0 Å². The van der Waals surface area contributed by atoms with Crippen molar-refractivity contribution in [3.63, 3.8) is 0 Å². The van der Waals surface area contributed by atoms with Crippen LogP contribution in [0.25, 0.3) is 10.9 Å². The summed E-state index contributed by atoms with van der Waals surface area (Å²) in [6.07, 6.45) is 0. The molecule has 2 aromatic heterocycles. The molecule has 1 aromatic carbocycles. The lowest BCUT2D eigenvalue weighted by Gasteiger charge is -2.29. The van der Waals surface area contributed by atoms with Crippen LogP contribution in [0.3, 0.4) is 0 Å². The molecule has 3 aromatic rings. The van der Waals surface area contributed by atoms with Crippen LogP contribution < -0.4 is 5.32 Å². The van der Waals surface area contributed by atoms with Gasteiger partial charge in [-0.15, -0.1) is 0 Å². The van der Waals surface area contributed by atoms with Crippen LogP contribution in [-0.2, 0) is 0 Å². The van der Waals surface area contributed by atoms with Crippen molar-refractivity contribution in [2.75, 3.05) is 19.6 Å². The van der Waals surface area contributed by atoms with Crippen LogP contribution in [0.2, 0.25) is 0 Å². The molecule has 0 bridgehead atoms. The quantitative estimate of drug-likeness (QED) is 0.691. The number of carbonyl (C=O) groups excluding carboxylic acids is 1. The second kappa shape index (κ2) is 7.59. The normalized spacial score (nSPS) is 12.6. The number of hydrogen-bond acceptors (Lipinski definition) is 4. The number of rotatable bonds is 7. The maximum absolute atomic E-state index is 12.6. The molecular weight excluding hydrogens is 320 g/mol. The molecule has 24 heavy (non-hydrogen) atoms. The Kier molecular flexibility index (Phi) is 5.27. The Morgan fingerprint density at radius 2 is 2.08 bits per heavy atom. The lowest BCUT2D eigenvalue weighted by molar-refractivity contribution is 0.0931. The Bertz CT molecular complexity index is 792. The lowest BCUT2D eigenvalue weighted by Crippen LogP contribution is -2.38. The first-order chi connectivity index (χ1) is 11.7. The lowest BCUT2D eigenvalue weighted by atomic mass is 10.1. The number of aromatic nitrogens is 2. The highest BCUT2D eigenvalue weighted by Crippen LogP contribution is 2.22. The fourth-order valence-corrected chi connectivity index (χ4v) is 3.70. The highest BCUT2D eigenvalue weighted by molar-refractivity contribution is 7.07. The number of carbonyl (C=O) groups is 1. The minimum absolute atomic E-state index is 0.139. The van der Waals surface area contributed by atoms with Gasteiger partial charge < -0.3 is 5.32 Å². The fourth-order valence-electron chi connectivity index (χ4n) is 3.00. The van der Waals surface area contributed by atoms with Gasteiger partial charge in [0.2, 0.25) is 0 Å². The van der Waals surface area contributed by atoms with Crippen molar-refractivity contribution >= 4 is 28.1 Å². The predicted molar refractivity (Wildman–Crippen MR) is 98.4 cm³/mol. The van der Waals surface area contributed by atoms with E-state index < -0.39 is 0 Å². The minimum atomic E-state index is -0.139. The van der Waals surface area contributed by atoms with Gasteiger partial charge in [-0.1, -0.05) is 32.0 Å². The number of fused-ring (bicyclic) bond motifs is 1. The van der Waals surface area contributed by atoms with Gasteiger partial charge in [0, 0.05) is 11.9 Å². The van der Waals surface area contributed by atoms with Gasteiger partial charge in [0.15, 0.2) is 5.69 Å². The Labute approximate surface area is 145 Å². The van der Waals surface area contributed by atoms with Crippen LogP contribution >= 0.6 is 11.3 Å². The molecule has 0 aliphatic heterocycles. The zero-order valence-electron chi connectivity index (χ0n) is 14.0. The number of aromatic amines is 1. The molecule has 0 spiro atoms. The van der Waals surface area contributed by atoms with Gasteiger partial charge in [-0.2, -0.15) is 16.4 Å². The number of thiophene rings is 1. The molecule has 0 radical (unpaired) electrons. The minimum Gasteiger partial charge on any atom is -0.349 e. The van der Waals surface area contributed by atoms with Crippen molar-refractivity contribution < 1.29 is 4.79 Å². The van der Waals surface area contributed by atoms with Gasteiger partial charge >= 0.3 is 0 Å². The maximum atomic E-state index is 12.6. The van der Waals surface area contributed by atoms with Gasteiger partial charge in [0.05, 0.1) is 11.6 Å². The summed E-state index contributed by atoms with van der Waals surface area (Å²) in [6, 6.07) is 9.98. The number of nitrogens with one attached hydrogen (secondary N) is 2. The van der Waals surface area contributed by atoms with Gasteiger partial charge in [-0.3, -0.25) is 14.8 Å². The van der Waals surface area contributed by atoms with Crippen LogP contribution in [-0.4, -0.2) is 40.6 Å². The predicted octanol–water partition coefficient (Wildman–Crippen LogP) is 3.44. The van der Waals surface area contributed by atoms with Crippen LogP contribution in [0, 0.1) is 0 Å². The molecule has 6 heteroatoms. The second-order valence-electron chi connectivity index (χ2n) is 5.62. The zero-order valence-corrected chi connectivity index (χ0v) is 14.8. The number of nitrogens with zero attached hydrogens (tertiary/aromatic N) is 2. The Balaban J connectivity index is 1.75. The summed E-state index contributed by atoms with van der Waals surface area (Å²) in [7, 11) is 0. The first-order valence-corrected chi connectivity index (χ1v) is 9.16. The van der Waals surface area contributed by atoms with Crippen molar-refractivity contribution in [2.24, 2.45) is 0 Å². The summed E-state index contributed by atoms with van der Waals surface area (Å²) in [4.78, 5) is 14.9. The Morgan fingerprint density at radius 3 is 2.79 bits per heavy atom. The highest BCUT2D eigenvalue weighted by atomic mass is 32.1. The van der Waals surface area contributed by atoms with E-state index in [4.69, 9.17) is 0 Å². The van der Waals surface area contributed by atoms with E-state index in [0.29, 0.717) is 12.2 Å². The summed E-state index contributed by atoms with van der Waals surface area (Å²) < 4.78 is 0. The maximum Gasteiger partial charge on any atom is 0.272 e. The number of para-hydroxylation sites is 1. The van der Waals surface area contributed by atoms with E-state index in [1.807, 2.05) is 24.3 Å². The number of H-pyrrole nitrogens is 1. The molecule has 5 nitrogen and oxygen atoms in total. The van der Waals surface area contributed by atoms with Gasteiger partial charge in [0.1, 0.15) is 0 Å². The monoisotopic (exact) mass is 342 g/mol. The van der Waals surface area contributed by atoms with E-state index in [1.54, 1.807) is 11.3 Å². The SMILES string of the molecule is CCN(CC)[C@@H](CNC(=O)c1n[nH]c2ccccc12)c1ccsc1. The van der Waals surface area contributed by atoms with Gasteiger partial charge in [-0.25, -0.2) is 0 Å². The molecular formula is C18H22N4OS. The third kappa shape index (κ3) is 3.34. The molecule has 126 valence electrons. The van der Waals surface area contributed by atoms with Crippen molar-refractivity contribution in [1.82, 2.24) is 20.4 Å². The molecule has 0 aliphatic carbocycles. The molecule has 1 amide bonds. The summed E-state index contributed by atoms with van der Waals surface area (Å²) in [5.41, 5.74) is 2.57. The third-order valence-electron chi connectivity index (χ3n) is 4.32. The fraction of sp³-hybridized carbons (Fsp3) is 0.333. The van der Waals surface area contributed by atoms with Crippen molar-refractivity contribution in [2.45, 2.75) is 19.9 Å². The van der Waals surface area contributed by atoms with Crippen LogP contribution in [0.1, 0.15) is 35.9 Å². The average molecular weight is 342 g/mol. The smallest absolute Gasteiger partial charge is 0.272 e. The Morgan fingerprint density at radius 1 is 1.29 bits per heavy atom. The second-order valence-corrected chi connectivity index (χ2v) is 6.40. The van der Waals surface area contributed by atoms with E-state index in [9.17, 15) is 4.79 Å². The number of hydrogen-bond donors (Lipinski definition) is 2. The molecule has 0 saturated heterocycles. The summed E-state index contributed by atoms with van der Waals surface area (Å²) in [6.45, 7) is 6.74. The molecule has 1 atom stereocenters. The van der Waals surface area contributed by atoms with Gasteiger partial charge in [0.25, 0.3) is 5.91 Å². The molecule has 2 N–H and O–H groups in total. The van der Waals surface area contributed by atoms with E-state index in [-0.39, 0.29) is 11.9 Å². The van der Waals surface area contributed by atoms with Crippen LogP contribution in [0.4, 0.5) is 0 Å². The molecule has 0 unspecified atom stereocenters. The molecule has 2 heterocycles. The van der Waals surface area contributed by atoms with E-state index in [2.05, 4.69) is 51.1 Å². The first kappa shape index (κ1) is 16.7. The van der Waals surface area contributed by atoms with E-state index in [0.717, 1.165) is 24.0 Å². The summed E-state index contributed by atoms with van der Waals surface area (Å²) in [5, 5.41) is 15.2. The topological polar surface area (TPSA) is 61.0 Å².